The van der Waals surface area contributed by atoms with Crippen molar-refractivity contribution in [2.75, 3.05) is 17.1 Å². The fourth-order valence-electron chi connectivity index (χ4n) is 4.13. The third kappa shape index (κ3) is 7.56. The zero-order valence-electron chi connectivity index (χ0n) is 21.7. The minimum absolute atomic E-state index is 0.229. The predicted molar refractivity (Wildman–Crippen MR) is 144 cm³/mol. The Kier molecular flexibility index (Phi) is 8.98. The lowest BCUT2D eigenvalue weighted by Gasteiger charge is -2.23. The molecular weight excluding hydrogens is 494 g/mol. The molecule has 2 aromatic carbocycles. The average Bonchev–Trinajstić information content (AvgIpc) is 3.21. The van der Waals surface area contributed by atoms with E-state index in [-0.39, 0.29) is 6.42 Å². The van der Waals surface area contributed by atoms with E-state index in [2.05, 4.69) is 4.98 Å². The molecule has 0 saturated carbocycles. The topological polar surface area (TPSA) is 129 Å². The third-order valence-corrected chi connectivity index (χ3v) is 6.99. The van der Waals surface area contributed by atoms with E-state index >= 15 is 0 Å². The molecule has 0 radical (unpaired) electrons. The molecule has 1 heterocycles. The Balaban J connectivity index is 1.82. The number of benzene rings is 2. The van der Waals surface area contributed by atoms with Crippen LogP contribution < -0.4 is 9.79 Å². The number of ether oxygens (including phenoxy) is 1. The zero-order valence-corrected chi connectivity index (χ0v) is 22.5. The maximum Gasteiger partial charge on any atom is 0.341 e. The van der Waals surface area contributed by atoms with E-state index in [0.717, 1.165) is 29.3 Å². The van der Waals surface area contributed by atoms with Gasteiger partial charge >= 0.3 is 5.97 Å². The molecular formula is C27H35N3O6S. The first-order valence-corrected chi connectivity index (χ1v) is 14.1. The highest BCUT2D eigenvalue weighted by Crippen LogP contribution is 2.33. The Labute approximate surface area is 217 Å². The monoisotopic (exact) mass is 529 g/mol. The van der Waals surface area contributed by atoms with Gasteiger partial charge in [-0.25, -0.2) is 18.7 Å². The molecule has 0 aliphatic rings. The second-order valence-electron chi connectivity index (χ2n) is 10.0. The molecule has 0 spiro atoms. The number of fused-ring (bicyclic) bond motifs is 1. The van der Waals surface area contributed by atoms with Gasteiger partial charge in [-0.3, -0.25) is 14.3 Å². The fourth-order valence-corrected chi connectivity index (χ4v) is 5.10. The number of carbonyl (C=O) groups excluding carboxylic acids is 2. The number of unbranched alkanes of at least 4 members (excludes halogenated alkanes) is 3. The molecule has 3 rings (SSSR count). The van der Waals surface area contributed by atoms with E-state index in [4.69, 9.17) is 9.94 Å². The number of nitrogens with zero attached hydrogens (tertiary/aromatic N) is 1. The fraction of sp³-hybridized carbons (Fsp3) is 0.407. The van der Waals surface area contributed by atoms with Gasteiger partial charge in [0.15, 0.2) is 0 Å². The number of rotatable bonds is 11. The Morgan fingerprint density at radius 1 is 1.00 bits per heavy atom. The summed E-state index contributed by atoms with van der Waals surface area (Å²) in [4.78, 5) is 27.5. The van der Waals surface area contributed by atoms with Crippen molar-refractivity contribution in [1.29, 1.82) is 0 Å². The summed E-state index contributed by atoms with van der Waals surface area (Å²) in [5.74, 6) is -0.860. The van der Waals surface area contributed by atoms with Crippen LogP contribution in [0.4, 0.5) is 5.69 Å². The van der Waals surface area contributed by atoms with Crippen molar-refractivity contribution in [1.82, 2.24) is 10.5 Å². The van der Waals surface area contributed by atoms with Crippen LogP contribution in [0.2, 0.25) is 0 Å². The van der Waals surface area contributed by atoms with Crippen LogP contribution in [0.3, 0.4) is 0 Å². The molecule has 0 bridgehead atoms. The number of aromatic nitrogens is 1. The molecule has 9 nitrogen and oxygen atoms in total. The summed E-state index contributed by atoms with van der Waals surface area (Å²) in [5, 5.41) is 9.30. The number of hydrogen-bond acceptors (Lipinski definition) is 6. The number of nitrogens with one attached hydrogen (secondary N) is 2. The standard InChI is InChI=1S/C27H35N3O6S/c1-27(2,3)36-26(32)24-21-11-8-9-12-22(21)28-25(24)19-14-16-20(17-15-19)30(37(4,34)35)18-10-6-5-7-13-23(31)29-33/h8-9,11-12,14-17,28,33H,5-7,10,13,18H2,1-4H3,(H,29,31). The highest BCUT2D eigenvalue weighted by Gasteiger charge is 2.25. The van der Waals surface area contributed by atoms with Crippen LogP contribution in [0.15, 0.2) is 48.5 Å². The molecule has 1 aromatic heterocycles. The number of para-hydroxylation sites is 1. The molecule has 1 amide bonds. The van der Waals surface area contributed by atoms with Gasteiger partial charge in [-0.15, -0.1) is 0 Å². The van der Waals surface area contributed by atoms with Crippen molar-refractivity contribution in [3.05, 3.63) is 54.1 Å². The van der Waals surface area contributed by atoms with Crippen molar-refractivity contribution in [3.8, 4) is 11.3 Å². The van der Waals surface area contributed by atoms with Crippen molar-refractivity contribution in [2.24, 2.45) is 0 Å². The maximum atomic E-state index is 13.1. The van der Waals surface area contributed by atoms with Gasteiger partial charge in [0.05, 0.1) is 23.2 Å². The lowest BCUT2D eigenvalue weighted by atomic mass is 10.0. The number of hydroxylamine groups is 1. The zero-order chi connectivity index (χ0) is 27.2. The summed E-state index contributed by atoms with van der Waals surface area (Å²) in [6, 6.07) is 14.5. The highest BCUT2D eigenvalue weighted by atomic mass is 32.2. The summed E-state index contributed by atoms with van der Waals surface area (Å²) >= 11 is 0. The lowest BCUT2D eigenvalue weighted by Crippen LogP contribution is -2.30. The Morgan fingerprint density at radius 2 is 1.65 bits per heavy atom. The molecule has 0 atom stereocenters. The molecule has 3 N–H and O–H groups in total. The van der Waals surface area contributed by atoms with E-state index in [1.165, 1.54) is 10.6 Å². The third-order valence-electron chi connectivity index (χ3n) is 5.79. The summed E-state index contributed by atoms with van der Waals surface area (Å²) < 4.78 is 32.0. The summed E-state index contributed by atoms with van der Waals surface area (Å²) in [5.41, 5.74) is 4.06. The van der Waals surface area contributed by atoms with Crippen LogP contribution in [0.25, 0.3) is 22.2 Å². The number of amides is 1. The molecule has 37 heavy (non-hydrogen) atoms. The Hall–Kier alpha value is -3.37. The van der Waals surface area contributed by atoms with E-state index in [1.54, 1.807) is 29.7 Å². The van der Waals surface area contributed by atoms with Gasteiger partial charge in [0, 0.05) is 23.9 Å². The van der Waals surface area contributed by atoms with Crippen LogP contribution in [0, 0.1) is 0 Å². The van der Waals surface area contributed by atoms with Crippen LogP contribution in [-0.4, -0.2) is 48.9 Å². The van der Waals surface area contributed by atoms with Crippen molar-refractivity contribution >= 4 is 38.5 Å². The number of carbonyl (C=O) groups is 2. The summed E-state index contributed by atoms with van der Waals surface area (Å²) in [6.45, 7) is 5.76. The highest BCUT2D eigenvalue weighted by molar-refractivity contribution is 7.92. The van der Waals surface area contributed by atoms with E-state index in [9.17, 15) is 18.0 Å². The van der Waals surface area contributed by atoms with E-state index < -0.39 is 27.5 Å². The predicted octanol–water partition coefficient (Wildman–Crippen LogP) is 5.01. The Morgan fingerprint density at radius 3 is 2.27 bits per heavy atom. The van der Waals surface area contributed by atoms with Crippen molar-refractivity contribution in [2.45, 2.75) is 58.5 Å². The van der Waals surface area contributed by atoms with Gasteiger partial charge in [0.2, 0.25) is 15.9 Å². The first kappa shape index (κ1) is 28.2. The van der Waals surface area contributed by atoms with E-state index in [1.807, 2.05) is 45.0 Å². The van der Waals surface area contributed by atoms with Crippen LogP contribution in [0.1, 0.15) is 63.2 Å². The number of esters is 1. The van der Waals surface area contributed by atoms with Crippen LogP contribution in [0.5, 0.6) is 0 Å². The molecule has 0 aliphatic heterocycles. The molecule has 0 fully saturated rings. The minimum atomic E-state index is -3.51. The molecule has 0 aliphatic carbocycles. The smallest absolute Gasteiger partial charge is 0.341 e. The SMILES string of the molecule is CC(C)(C)OC(=O)c1c(-c2ccc(N(CCCCCCC(=O)NO)S(C)(=O)=O)cc2)[nH]c2ccccc12. The lowest BCUT2D eigenvalue weighted by molar-refractivity contribution is -0.129. The molecule has 3 aromatic rings. The maximum absolute atomic E-state index is 13.1. The molecule has 0 unspecified atom stereocenters. The van der Waals surface area contributed by atoms with Crippen LogP contribution in [-0.2, 0) is 19.6 Å². The van der Waals surface area contributed by atoms with Crippen LogP contribution >= 0.6 is 0 Å². The summed E-state index contributed by atoms with van der Waals surface area (Å²) in [6.07, 6.45) is 4.14. The largest absolute Gasteiger partial charge is 0.456 e. The second-order valence-corrected chi connectivity index (χ2v) is 11.9. The Bertz CT molecular complexity index is 1340. The van der Waals surface area contributed by atoms with Gasteiger partial charge in [-0.05, 0) is 57.4 Å². The number of aromatic amines is 1. The van der Waals surface area contributed by atoms with E-state index in [0.29, 0.717) is 36.3 Å². The molecule has 200 valence electrons. The average molecular weight is 530 g/mol. The number of anilines is 1. The normalized spacial score (nSPS) is 11.9. The number of hydrogen-bond donors (Lipinski definition) is 3. The van der Waals surface area contributed by atoms with Crippen molar-refractivity contribution < 1.29 is 28.0 Å². The number of H-pyrrole nitrogens is 1. The molecule has 10 heteroatoms. The van der Waals surface area contributed by atoms with Crippen molar-refractivity contribution in [3.63, 3.8) is 0 Å². The second kappa shape index (κ2) is 11.8. The quantitative estimate of drug-likeness (QED) is 0.139. The minimum Gasteiger partial charge on any atom is -0.456 e. The first-order valence-electron chi connectivity index (χ1n) is 12.3. The van der Waals surface area contributed by atoms with Gasteiger partial charge in [-0.1, -0.05) is 43.2 Å². The number of sulfonamides is 1. The van der Waals surface area contributed by atoms with Gasteiger partial charge in [-0.2, -0.15) is 0 Å². The van der Waals surface area contributed by atoms with Gasteiger partial charge in [0.25, 0.3) is 0 Å². The van der Waals surface area contributed by atoms with Gasteiger partial charge in [0.1, 0.15) is 5.60 Å². The first-order chi connectivity index (χ1) is 17.4. The van der Waals surface area contributed by atoms with Gasteiger partial charge < -0.3 is 9.72 Å². The molecule has 0 saturated heterocycles. The summed E-state index contributed by atoms with van der Waals surface area (Å²) in [7, 11) is -3.51.